The van der Waals surface area contributed by atoms with Crippen molar-refractivity contribution >= 4 is 9.84 Å². The molecule has 0 saturated heterocycles. The van der Waals surface area contributed by atoms with Crippen molar-refractivity contribution in [2.24, 2.45) is 0 Å². The van der Waals surface area contributed by atoms with E-state index in [0.717, 1.165) is 0 Å². The minimum atomic E-state index is -2.87. The van der Waals surface area contributed by atoms with Crippen LogP contribution in [0.25, 0.3) is 0 Å². The van der Waals surface area contributed by atoms with Crippen molar-refractivity contribution in [2.75, 3.05) is 5.75 Å². The lowest BCUT2D eigenvalue weighted by Crippen LogP contribution is -2.16. The van der Waals surface area contributed by atoms with Gasteiger partial charge < -0.3 is 0 Å². The van der Waals surface area contributed by atoms with Gasteiger partial charge in [-0.25, -0.2) is 8.42 Å². The molecular formula is C6H12O2S. The molecule has 0 heterocycles. The van der Waals surface area contributed by atoms with Gasteiger partial charge >= 0.3 is 0 Å². The van der Waals surface area contributed by atoms with Gasteiger partial charge in [-0.05, 0) is 6.92 Å². The Balaban J connectivity index is 4.34. The van der Waals surface area contributed by atoms with Gasteiger partial charge in [0.2, 0.25) is 0 Å². The van der Waals surface area contributed by atoms with Gasteiger partial charge in [0, 0.05) is 5.75 Å². The summed E-state index contributed by atoms with van der Waals surface area (Å²) in [5, 5.41) is -0.400. The van der Waals surface area contributed by atoms with E-state index in [1.807, 2.05) is 0 Å². The van der Waals surface area contributed by atoms with Gasteiger partial charge in [-0.3, -0.25) is 0 Å². The predicted molar refractivity (Wildman–Crippen MR) is 39.1 cm³/mol. The van der Waals surface area contributed by atoms with Crippen molar-refractivity contribution in [3.63, 3.8) is 0 Å². The molecule has 9 heavy (non-hydrogen) atoms. The fraction of sp³-hybridized carbons (Fsp3) is 0.667. The first kappa shape index (κ1) is 8.69. The second-order valence-corrected chi connectivity index (χ2v) is 4.54. The molecule has 2 nitrogen and oxygen atoms in total. The minimum absolute atomic E-state index is 0.195. The maximum Gasteiger partial charge on any atom is 0.156 e. The average molecular weight is 148 g/mol. The van der Waals surface area contributed by atoms with Crippen LogP contribution in [0.2, 0.25) is 0 Å². The summed E-state index contributed by atoms with van der Waals surface area (Å²) in [6, 6.07) is 0. The van der Waals surface area contributed by atoms with Crippen LogP contribution in [0.15, 0.2) is 12.7 Å². The maximum atomic E-state index is 10.9. The van der Waals surface area contributed by atoms with Crippen molar-refractivity contribution < 1.29 is 8.42 Å². The average Bonchev–Trinajstić information content (AvgIpc) is 1.86. The number of rotatable bonds is 3. The molecule has 0 spiro atoms. The first-order chi connectivity index (χ1) is 4.04. The van der Waals surface area contributed by atoms with Crippen LogP contribution < -0.4 is 0 Å². The molecule has 0 rings (SSSR count). The molecule has 0 amide bonds. The smallest absolute Gasteiger partial charge is 0.156 e. The summed E-state index contributed by atoms with van der Waals surface area (Å²) in [4.78, 5) is 0. The van der Waals surface area contributed by atoms with Gasteiger partial charge in [-0.2, -0.15) is 0 Å². The van der Waals surface area contributed by atoms with E-state index in [1.165, 1.54) is 6.08 Å². The van der Waals surface area contributed by atoms with Crippen LogP contribution in [0.1, 0.15) is 13.8 Å². The van der Waals surface area contributed by atoms with Crippen LogP contribution in [0.3, 0.4) is 0 Å². The molecule has 0 aliphatic rings. The molecule has 1 atom stereocenters. The highest BCUT2D eigenvalue weighted by molar-refractivity contribution is 7.92. The Hall–Kier alpha value is -0.310. The zero-order valence-corrected chi connectivity index (χ0v) is 6.61. The van der Waals surface area contributed by atoms with Crippen molar-refractivity contribution in [1.82, 2.24) is 0 Å². The van der Waals surface area contributed by atoms with Crippen LogP contribution in [0.4, 0.5) is 0 Å². The molecule has 0 aromatic carbocycles. The highest BCUT2D eigenvalue weighted by atomic mass is 32.2. The third-order valence-electron chi connectivity index (χ3n) is 1.30. The zero-order valence-electron chi connectivity index (χ0n) is 5.79. The third kappa shape index (κ3) is 2.18. The number of sulfone groups is 1. The number of hydrogen-bond donors (Lipinski definition) is 0. The molecule has 0 aromatic rings. The van der Waals surface area contributed by atoms with E-state index in [1.54, 1.807) is 13.8 Å². The molecule has 0 fully saturated rings. The Kier molecular flexibility index (Phi) is 2.91. The Labute approximate surface area is 56.5 Å². The second kappa shape index (κ2) is 3.01. The SMILES string of the molecule is C=CC(C)S(=O)(=O)CC. The molecule has 0 aromatic heterocycles. The largest absolute Gasteiger partial charge is 0.228 e. The van der Waals surface area contributed by atoms with Gasteiger partial charge in [-0.1, -0.05) is 13.0 Å². The highest BCUT2D eigenvalue weighted by Gasteiger charge is 2.13. The molecular weight excluding hydrogens is 136 g/mol. The fourth-order valence-electron chi connectivity index (χ4n) is 0.410. The van der Waals surface area contributed by atoms with Crippen LogP contribution >= 0.6 is 0 Å². The lowest BCUT2D eigenvalue weighted by atomic mass is 10.5. The molecule has 0 radical (unpaired) electrons. The molecule has 0 aliphatic carbocycles. The van der Waals surface area contributed by atoms with Crippen LogP contribution in [0, 0.1) is 0 Å². The summed E-state index contributed by atoms with van der Waals surface area (Å²) in [7, 11) is -2.87. The zero-order chi connectivity index (χ0) is 7.49. The van der Waals surface area contributed by atoms with E-state index in [2.05, 4.69) is 6.58 Å². The lowest BCUT2D eigenvalue weighted by molar-refractivity contribution is 0.592. The maximum absolute atomic E-state index is 10.9. The molecule has 3 heteroatoms. The van der Waals surface area contributed by atoms with Crippen molar-refractivity contribution in [1.29, 1.82) is 0 Å². The topological polar surface area (TPSA) is 34.1 Å². The van der Waals surface area contributed by atoms with Gasteiger partial charge in [0.05, 0.1) is 5.25 Å². The van der Waals surface area contributed by atoms with Gasteiger partial charge in [0.1, 0.15) is 0 Å². The predicted octanol–water partition coefficient (Wildman–Crippen LogP) is 0.996. The third-order valence-corrected chi connectivity index (χ3v) is 3.43. The number of hydrogen-bond acceptors (Lipinski definition) is 2. The fourth-order valence-corrected chi connectivity index (χ4v) is 1.23. The van der Waals surface area contributed by atoms with E-state index < -0.39 is 15.1 Å². The van der Waals surface area contributed by atoms with E-state index >= 15 is 0 Å². The van der Waals surface area contributed by atoms with Crippen LogP contribution in [-0.2, 0) is 9.84 Å². The summed E-state index contributed by atoms with van der Waals surface area (Å²) >= 11 is 0. The summed E-state index contributed by atoms with van der Waals surface area (Å²) in [6.45, 7) is 6.66. The summed E-state index contributed by atoms with van der Waals surface area (Å²) < 4.78 is 21.7. The molecule has 0 saturated carbocycles. The summed E-state index contributed by atoms with van der Waals surface area (Å²) in [5.41, 5.74) is 0. The van der Waals surface area contributed by atoms with Gasteiger partial charge in [0.15, 0.2) is 9.84 Å². The Morgan fingerprint density at radius 2 is 2.11 bits per heavy atom. The van der Waals surface area contributed by atoms with Crippen LogP contribution in [-0.4, -0.2) is 19.4 Å². The molecule has 0 bridgehead atoms. The standard InChI is InChI=1S/C6H12O2S/c1-4-6(3)9(7,8)5-2/h4,6H,1,5H2,2-3H3. The normalized spacial score (nSPS) is 14.9. The minimum Gasteiger partial charge on any atom is -0.228 e. The molecule has 0 N–H and O–H groups in total. The van der Waals surface area contributed by atoms with E-state index in [-0.39, 0.29) is 5.75 Å². The van der Waals surface area contributed by atoms with E-state index in [9.17, 15) is 8.42 Å². The second-order valence-electron chi connectivity index (χ2n) is 1.89. The van der Waals surface area contributed by atoms with Crippen molar-refractivity contribution in [2.45, 2.75) is 19.1 Å². The van der Waals surface area contributed by atoms with Gasteiger partial charge in [0.25, 0.3) is 0 Å². The molecule has 1 unspecified atom stereocenters. The Morgan fingerprint density at radius 3 is 2.22 bits per heavy atom. The Bertz CT molecular complexity index is 179. The monoisotopic (exact) mass is 148 g/mol. The highest BCUT2D eigenvalue weighted by Crippen LogP contribution is 2.00. The Morgan fingerprint density at radius 1 is 1.67 bits per heavy atom. The quantitative estimate of drug-likeness (QED) is 0.559. The van der Waals surface area contributed by atoms with E-state index in [0.29, 0.717) is 0 Å². The molecule has 54 valence electrons. The van der Waals surface area contributed by atoms with E-state index in [4.69, 9.17) is 0 Å². The molecule has 0 aliphatic heterocycles. The van der Waals surface area contributed by atoms with Crippen molar-refractivity contribution in [3.8, 4) is 0 Å². The first-order valence-corrected chi connectivity index (χ1v) is 4.60. The lowest BCUT2D eigenvalue weighted by Gasteiger charge is -2.03. The van der Waals surface area contributed by atoms with Gasteiger partial charge in [-0.15, -0.1) is 6.58 Å². The first-order valence-electron chi connectivity index (χ1n) is 2.88. The van der Waals surface area contributed by atoms with Crippen molar-refractivity contribution in [3.05, 3.63) is 12.7 Å². The summed E-state index contributed by atoms with van der Waals surface area (Å²) in [6.07, 6.45) is 1.44. The summed E-state index contributed by atoms with van der Waals surface area (Å²) in [5.74, 6) is 0.195. The van der Waals surface area contributed by atoms with Crippen LogP contribution in [0.5, 0.6) is 0 Å².